The monoisotopic (exact) mass is 258 g/mol. The van der Waals surface area contributed by atoms with Crippen LogP contribution in [-0.2, 0) is 9.59 Å². The van der Waals surface area contributed by atoms with Crippen LogP contribution < -0.4 is 10.6 Å². The van der Waals surface area contributed by atoms with E-state index in [0.29, 0.717) is 15.7 Å². The zero-order valence-electron chi connectivity index (χ0n) is 8.11. The molecule has 6 heteroatoms. The van der Waals surface area contributed by atoms with Gasteiger partial charge >= 0.3 is 0 Å². The van der Waals surface area contributed by atoms with E-state index in [2.05, 4.69) is 0 Å². The summed E-state index contributed by atoms with van der Waals surface area (Å²) in [5, 5.41) is 0.729. The highest BCUT2D eigenvalue weighted by molar-refractivity contribution is 6.35. The number of imide groups is 1. The minimum atomic E-state index is -0.773. The minimum Gasteiger partial charge on any atom is -0.319 e. The quantitative estimate of drug-likeness (QED) is 0.779. The highest BCUT2D eigenvalue weighted by atomic mass is 35.5. The molecule has 0 spiro atoms. The number of rotatable bonds is 1. The summed E-state index contributed by atoms with van der Waals surface area (Å²) >= 11 is 11.6. The maximum Gasteiger partial charge on any atom is 0.251 e. The molecule has 2 N–H and O–H groups in total. The Labute approximate surface area is 102 Å². The van der Waals surface area contributed by atoms with Gasteiger partial charge in [0.1, 0.15) is 0 Å². The lowest BCUT2D eigenvalue weighted by Gasteiger charge is -2.14. The fraction of sp³-hybridized carbons (Fsp3) is 0.200. The molecule has 1 fully saturated rings. The van der Waals surface area contributed by atoms with Crippen molar-refractivity contribution in [3.8, 4) is 0 Å². The number of nitrogens with zero attached hydrogens (tertiary/aromatic N) is 1. The van der Waals surface area contributed by atoms with Gasteiger partial charge in [0.2, 0.25) is 5.91 Å². The Morgan fingerprint density at radius 1 is 1.19 bits per heavy atom. The second kappa shape index (κ2) is 4.05. The summed E-state index contributed by atoms with van der Waals surface area (Å²) in [5.74, 6) is -0.765. The molecule has 0 saturated carbocycles. The topological polar surface area (TPSA) is 63.4 Å². The van der Waals surface area contributed by atoms with Crippen LogP contribution in [0.5, 0.6) is 0 Å². The molecule has 1 aliphatic rings. The van der Waals surface area contributed by atoms with Gasteiger partial charge in [-0.3, -0.25) is 9.59 Å². The summed E-state index contributed by atoms with van der Waals surface area (Å²) in [7, 11) is 0. The summed E-state index contributed by atoms with van der Waals surface area (Å²) < 4.78 is 0. The first-order valence-electron chi connectivity index (χ1n) is 4.57. The van der Waals surface area contributed by atoms with E-state index >= 15 is 0 Å². The van der Waals surface area contributed by atoms with Crippen molar-refractivity contribution >= 4 is 40.7 Å². The van der Waals surface area contributed by atoms with E-state index in [4.69, 9.17) is 28.9 Å². The summed E-state index contributed by atoms with van der Waals surface area (Å²) in [6, 6.07) is 3.75. The number of hydrogen-bond donors (Lipinski definition) is 1. The van der Waals surface area contributed by atoms with E-state index in [9.17, 15) is 9.59 Å². The molecule has 1 heterocycles. The molecule has 0 aromatic heterocycles. The lowest BCUT2D eigenvalue weighted by atomic mass is 10.3. The molecule has 0 radical (unpaired) electrons. The van der Waals surface area contributed by atoms with E-state index in [1.165, 1.54) is 18.2 Å². The van der Waals surface area contributed by atoms with Crippen molar-refractivity contribution in [1.82, 2.24) is 0 Å². The average molecular weight is 259 g/mol. The van der Waals surface area contributed by atoms with Gasteiger partial charge in [-0.15, -0.1) is 0 Å². The lowest BCUT2D eigenvalue weighted by molar-refractivity contribution is -0.121. The molecule has 0 aliphatic carbocycles. The third-order valence-electron chi connectivity index (χ3n) is 2.29. The van der Waals surface area contributed by atoms with Crippen LogP contribution in [0, 0.1) is 0 Å². The third kappa shape index (κ3) is 1.91. The first-order chi connectivity index (χ1) is 7.49. The fourth-order valence-corrected chi connectivity index (χ4v) is 2.11. The maximum atomic E-state index is 11.6. The van der Waals surface area contributed by atoms with Crippen LogP contribution in [0.25, 0.3) is 0 Å². The number of halogens is 2. The fourth-order valence-electron chi connectivity index (χ4n) is 1.60. The molecule has 16 heavy (non-hydrogen) atoms. The number of nitrogens with two attached hydrogens (primary N) is 1. The van der Waals surface area contributed by atoms with Crippen molar-refractivity contribution in [3.63, 3.8) is 0 Å². The molecule has 2 amide bonds. The molecule has 0 bridgehead atoms. The van der Waals surface area contributed by atoms with Crippen LogP contribution in [0.2, 0.25) is 10.0 Å². The number of amides is 2. The van der Waals surface area contributed by atoms with E-state index in [0.717, 1.165) is 4.90 Å². The predicted molar refractivity (Wildman–Crippen MR) is 61.5 cm³/mol. The SMILES string of the molecule is NC1CC(=O)N(c2cc(Cl)cc(Cl)c2)C1=O. The molecule has 1 aromatic rings. The minimum absolute atomic E-state index is 0.0168. The smallest absolute Gasteiger partial charge is 0.251 e. The van der Waals surface area contributed by atoms with E-state index in [1.54, 1.807) is 0 Å². The number of carbonyl (C=O) groups excluding carboxylic acids is 2. The van der Waals surface area contributed by atoms with Gasteiger partial charge in [-0.25, -0.2) is 4.90 Å². The van der Waals surface area contributed by atoms with Crippen LogP contribution in [0.3, 0.4) is 0 Å². The number of anilines is 1. The zero-order chi connectivity index (χ0) is 11.9. The standard InChI is InChI=1S/C10H8Cl2N2O2/c11-5-1-6(12)3-7(2-5)14-9(15)4-8(13)10(14)16/h1-3,8H,4,13H2. The molecular formula is C10H8Cl2N2O2. The first-order valence-corrected chi connectivity index (χ1v) is 5.33. The molecule has 2 rings (SSSR count). The van der Waals surface area contributed by atoms with Gasteiger partial charge < -0.3 is 5.73 Å². The Morgan fingerprint density at radius 3 is 2.19 bits per heavy atom. The molecular weight excluding hydrogens is 251 g/mol. The van der Waals surface area contributed by atoms with Gasteiger partial charge in [0.15, 0.2) is 0 Å². The van der Waals surface area contributed by atoms with Crippen LogP contribution in [0.4, 0.5) is 5.69 Å². The number of hydrogen-bond acceptors (Lipinski definition) is 3. The highest BCUT2D eigenvalue weighted by Crippen LogP contribution is 2.28. The normalized spacial score (nSPS) is 20.7. The summed E-state index contributed by atoms with van der Waals surface area (Å²) in [5.41, 5.74) is 5.86. The summed E-state index contributed by atoms with van der Waals surface area (Å²) in [6.07, 6.45) is 0.0168. The zero-order valence-corrected chi connectivity index (χ0v) is 9.63. The Balaban J connectivity index is 2.44. The second-order valence-corrected chi connectivity index (χ2v) is 4.38. The van der Waals surface area contributed by atoms with Crippen molar-refractivity contribution in [1.29, 1.82) is 0 Å². The second-order valence-electron chi connectivity index (χ2n) is 3.51. The Hall–Kier alpha value is -1.10. The molecule has 1 atom stereocenters. The van der Waals surface area contributed by atoms with Gasteiger partial charge in [0.05, 0.1) is 18.2 Å². The largest absolute Gasteiger partial charge is 0.319 e. The maximum absolute atomic E-state index is 11.6. The van der Waals surface area contributed by atoms with Crippen molar-refractivity contribution < 1.29 is 9.59 Å². The number of benzene rings is 1. The van der Waals surface area contributed by atoms with E-state index < -0.39 is 11.9 Å². The molecule has 84 valence electrons. The van der Waals surface area contributed by atoms with Crippen molar-refractivity contribution in [2.45, 2.75) is 12.5 Å². The summed E-state index contributed by atoms with van der Waals surface area (Å²) in [4.78, 5) is 24.2. The molecule has 1 aliphatic heterocycles. The van der Waals surface area contributed by atoms with Crippen LogP contribution in [0.15, 0.2) is 18.2 Å². The number of carbonyl (C=O) groups is 2. The van der Waals surface area contributed by atoms with Gasteiger partial charge in [-0.1, -0.05) is 23.2 Å². The van der Waals surface area contributed by atoms with Gasteiger partial charge in [0.25, 0.3) is 5.91 Å². The lowest BCUT2D eigenvalue weighted by Crippen LogP contribution is -2.35. The van der Waals surface area contributed by atoms with Gasteiger partial charge in [-0.2, -0.15) is 0 Å². The first kappa shape index (κ1) is 11.4. The molecule has 1 aromatic carbocycles. The molecule has 1 saturated heterocycles. The highest BCUT2D eigenvalue weighted by Gasteiger charge is 2.37. The predicted octanol–water partition coefficient (Wildman–Crippen LogP) is 1.58. The van der Waals surface area contributed by atoms with Crippen LogP contribution in [-0.4, -0.2) is 17.9 Å². The Kier molecular flexibility index (Phi) is 2.88. The molecule has 4 nitrogen and oxygen atoms in total. The average Bonchev–Trinajstić information content (AvgIpc) is 2.39. The van der Waals surface area contributed by atoms with Crippen LogP contribution in [0.1, 0.15) is 6.42 Å². The van der Waals surface area contributed by atoms with Crippen LogP contribution >= 0.6 is 23.2 Å². The molecule has 1 unspecified atom stereocenters. The van der Waals surface area contributed by atoms with Gasteiger partial charge in [-0.05, 0) is 18.2 Å². The third-order valence-corrected chi connectivity index (χ3v) is 2.72. The Bertz CT molecular complexity index is 456. The Morgan fingerprint density at radius 2 is 1.75 bits per heavy atom. The van der Waals surface area contributed by atoms with Gasteiger partial charge in [0, 0.05) is 10.0 Å². The van der Waals surface area contributed by atoms with E-state index in [1.807, 2.05) is 0 Å². The van der Waals surface area contributed by atoms with Crippen molar-refractivity contribution in [2.75, 3.05) is 4.90 Å². The van der Waals surface area contributed by atoms with E-state index in [-0.39, 0.29) is 12.3 Å². The van der Waals surface area contributed by atoms with Crippen molar-refractivity contribution in [3.05, 3.63) is 28.2 Å². The summed E-state index contributed by atoms with van der Waals surface area (Å²) in [6.45, 7) is 0. The van der Waals surface area contributed by atoms with Crippen molar-refractivity contribution in [2.24, 2.45) is 5.73 Å².